The minimum Gasteiger partial charge on any atom is -0.493 e. The van der Waals surface area contributed by atoms with Crippen LogP contribution in [0.2, 0.25) is 0 Å². The fraction of sp³-hybridized carbons (Fsp3) is 0.143. The molecule has 0 unspecified atom stereocenters. The minimum absolute atomic E-state index is 0.0179. The van der Waals surface area contributed by atoms with Gasteiger partial charge < -0.3 is 9.47 Å². The molecular weight excluding hydrogens is 374 g/mol. The van der Waals surface area contributed by atoms with Crippen molar-refractivity contribution in [3.8, 4) is 11.5 Å². The highest BCUT2D eigenvalue weighted by atomic mass is 16.6. The predicted molar refractivity (Wildman–Crippen MR) is 109 cm³/mol. The highest BCUT2D eigenvalue weighted by molar-refractivity contribution is 6.02. The van der Waals surface area contributed by atoms with Crippen LogP contribution in [0, 0.1) is 10.1 Å². The van der Waals surface area contributed by atoms with E-state index in [9.17, 15) is 14.9 Å². The first-order valence-electron chi connectivity index (χ1n) is 8.93. The average molecular weight is 393 g/mol. The molecule has 0 atom stereocenters. The molecule has 0 saturated heterocycles. The van der Waals surface area contributed by atoms with Gasteiger partial charge >= 0.3 is 5.69 Å². The van der Waals surface area contributed by atoms with E-state index in [1.165, 1.54) is 24.4 Å². The lowest BCUT2D eigenvalue weighted by molar-refractivity contribution is -0.385. The van der Waals surface area contributed by atoms with Gasteiger partial charge in [-0.1, -0.05) is 42.5 Å². The van der Waals surface area contributed by atoms with Crippen molar-refractivity contribution in [1.29, 1.82) is 0 Å². The topological polar surface area (TPSA) is 103 Å². The second-order valence-corrected chi connectivity index (χ2v) is 5.94. The van der Waals surface area contributed by atoms with Gasteiger partial charge in [0.2, 0.25) is 0 Å². The first kappa shape index (κ1) is 19.8. The van der Waals surface area contributed by atoms with Crippen LogP contribution in [0.25, 0.3) is 10.8 Å². The molecule has 29 heavy (non-hydrogen) atoms. The molecule has 0 bridgehead atoms. The highest BCUT2D eigenvalue weighted by Gasteiger charge is 2.14. The van der Waals surface area contributed by atoms with E-state index >= 15 is 0 Å². The number of hydrazone groups is 1. The molecule has 0 heterocycles. The number of para-hydroxylation sites is 2. The number of hydrogen-bond acceptors (Lipinski definition) is 6. The zero-order valence-electron chi connectivity index (χ0n) is 15.7. The largest absolute Gasteiger partial charge is 0.493 e. The summed E-state index contributed by atoms with van der Waals surface area (Å²) in [6.07, 6.45) is 1.51. The number of carbonyl (C=O) groups is 1. The number of nitro groups is 1. The Kier molecular flexibility index (Phi) is 6.36. The summed E-state index contributed by atoms with van der Waals surface area (Å²) in [6.45, 7) is 1.98. The lowest BCUT2D eigenvalue weighted by Crippen LogP contribution is -2.24. The molecular formula is C21H19N3O5. The van der Waals surface area contributed by atoms with Crippen LogP contribution in [0.3, 0.4) is 0 Å². The number of ether oxygens (including phenoxy) is 2. The summed E-state index contributed by atoms with van der Waals surface area (Å²) in [7, 11) is 0. The monoisotopic (exact) mass is 393 g/mol. The average Bonchev–Trinajstić information content (AvgIpc) is 2.73. The van der Waals surface area contributed by atoms with Gasteiger partial charge in [0.1, 0.15) is 5.75 Å². The molecule has 8 heteroatoms. The first-order valence-corrected chi connectivity index (χ1v) is 8.93. The fourth-order valence-corrected chi connectivity index (χ4v) is 2.76. The third-order valence-electron chi connectivity index (χ3n) is 4.03. The van der Waals surface area contributed by atoms with E-state index in [4.69, 9.17) is 9.47 Å². The lowest BCUT2D eigenvalue weighted by Gasteiger charge is -2.10. The van der Waals surface area contributed by atoms with Gasteiger partial charge in [0.15, 0.2) is 12.4 Å². The zero-order chi connectivity index (χ0) is 20.6. The lowest BCUT2D eigenvalue weighted by atomic mass is 10.0. The van der Waals surface area contributed by atoms with Crippen LogP contribution in [0.4, 0.5) is 5.69 Å². The van der Waals surface area contributed by atoms with E-state index in [-0.39, 0.29) is 11.4 Å². The standard InChI is InChI=1S/C21H19N3O5/c1-2-28-19-12-11-15-7-3-4-8-16(15)17(19)13-22-23-21(25)14-29-20-10-6-5-9-18(20)24(26)27/h3-13H,2,14H2,1H3,(H,23,25). The number of nitro benzene ring substituents is 1. The summed E-state index contributed by atoms with van der Waals surface area (Å²) in [6, 6.07) is 17.4. The van der Waals surface area contributed by atoms with E-state index in [1.54, 1.807) is 6.07 Å². The van der Waals surface area contributed by atoms with Crippen LogP contribution >= 0.6 is 0 Å². The van der Waals surface area contributed by atoms with E-state index in [0.717, 1.165) is 16.3 Å². The smallest absolute Gasteiger partial charge is 0.310 e. The van der Waals surface area contributed by atoms with Crippen molar-refractivity contribution in [3.63, 3.8) is 0 Å². The Balaban J connectivity index is 1.69. The maximum absolute atomic E-state index is 12.0. The van der Waals surface area contributed by atoms with Gasteiger partial charge in [-0.15, -0.1) is 0 Å². The Bertz CT molecular complexity index is 1070. The van der Waals surface area contributed by atoms with Crippen molar-refractivity contribution >= 4 is 28.6 Å². The van der Waals surface area contributed by atoms with E-state index in [0.29, 0.717) is 12.4 Å². The molecule has 0 fully saturated rings. The number of nitrogens with one attached hydrogen (secondary N) is 1. The Morgan fingerprint density at radius 3 is 2.62 bits per heavy atom. The minimum atomic E-state index is -0.568. The molecule has 3 aromatic carbocycles. The highest BCUT2D eigenvalue weighted by Crippen LogP contribution is 2.27. The van der Waals surface area contributed by atoms with Crippen molar-refractivity contribution in [2.75, 3.05) is 13.2 Å². The summed E-state index contributed by atoms with van der Waals surface area (Å²) < 4.78 is 10.9. The molecule has 0 aromatic heterocycles. The van der Waals surface area contributed by atoms with Crippen LogP contribution in [0.5, 0.6) is 11.5 Å². The van der Waals surface area contributed by atoms with Crippen LogP contribution in [-0.2, 0) is 4.79 Å². The molecule has 0 aliphatic carbocycles. The molecule has 0 aliphatic rings. The van der Waals surface area contributed by atoms with E-state index in [2.05, 4.69) is 10.5 Å². The number of carbonyl (C=O) groups excluding carboxylic acids is 1. The van der Waals surface area contributed by atoms with Crippen LogP contribution < -0.4 is 14.9 Å². The second-order valence-electron chi connectivity index (χ2n) is 5.94. The van der Waals surface area contributed by atoms with E-state index in [1.807, 2.05) is 43.3 Å². The zero-order valence-corrected chi connectivity index (χ0v) is 15.7. The summed E-state index contributed by atoms with van der Waals surface area (Å²) in [5.41, 5.74) is 2.90. The van der Waals surface area contributed by atoms with Crippen molar-refractivity contribution < 1.29 is 19.2 Å². The van der Waals surface area contributed by atoms with Gasteiger partial charge in [0, 0.05) is 11.6 Å². The third-order valence-corrected chi connectivity index (χ3v) is 4.03. The third kappa shape index (κ3) is 4.86. The second kappa shape index (κ2) is 9.32. The van der Waals surface area contributed by atoms with Crippen LogP contribution in [0.15, 0.2) is 65.8 Å². The quantitative estimate of drug-likeness (QED) is 0.357. The molecule has 1 N–H and O–H groups in total. The van der Waals surface area contributed by atoms with Gasteiger partial charge in [-0.2, -0.15) is 5.10 Å². The molecule has 0 spiro atoms. The number of amides is 1. The summed E-state index contributed by atoms with van der Waals surface area (Å²) in [4.78, 5) is 22.4. The van der Waals surface area contributed by atoms with Crippen molar-refractivity contribution in [2.45, 2.75) is 6.92 Å². The SMILES string of the molecule is CCOc1ccc2ccccc2c1C=NNC(=O)COc1ccccc1[N+](=O)[O-]. The Hall–Kier alpha value is -3.94. The fourth-order valence-electron chi connectivity index (χ4n) is 2.76. The van der Waals surface area contributed by atoms with Crippen molar-refractivity contribution in [1.82, 2.24) is 5.43 Å². The van der Waals surface area contributed by atoms with Gasteiger partial charge in [0.05, 0.1) is 17.7 Å². The molecule has 0 saturated carbocycles. The molecule has 3 aromatic rings. The summed E-state index contributed by atoms with van der Waals surface area (Å²) in [5.74, 6) is 0.127. The molecule has 0 aliphatic heterocycles. The number of fused-ring (bicyclic) bond motifs is 1. The normalized spacial score (nSPS) is 10.8. The molecule has 1 amide bonds. The number of rotatable bonds is 8. The maximum atomic E-state index is 12.0. The van der Waals surface area contributed by atoms with Crippen LogP contribution in [-0.4, -0.2) is 30.3 Å². The van der Waals surface area contributed by atoms with Crippen molar-refractivity contribution in [2.24, 2.45) is 5.10 Å². The van der Waals surface area contributed by atoms with Gasteiger partial charge in [-0.3, -0.25) is 14.9 Å². The number of nitrogens with zero attached hydrogens (tertiary/aromatic N) is 2. The molecule has 0 radical (unpaired) electrons. The summed E-state index contributed by atoms with van der Waals surface area (Å²) >= 11 is 0. The maximum Gasteiger partial charge on any atom is 0.310 e. The first-order chi connectivity index (χ1) is 14.1. The van der Waals surface area contributed by atoms with Gasteiger partial charge in [-0.25, -0.2) is 5.43 Å². The summed E-state index contributed by atoms with van der Waals surface area (Å²) in [5, 5.41) is 16.9. The number of hydrogen-bond donors (Lipinski definition) is 1. The van der Waals surface area contributed by atoms with Crippen molar-refractivity contribution in [3.05, 3.63) is 76.3 Å². The van der Waals surface area contributed by atoms with Gasteiger partial charge in [-0.05, 0) is 29.8 Å². The predicted octanol–water partition coefficient (Wildman–Crippen LogP) is 3.68. The Labute approximate surface area is 166 Å². The Morgan fingerprint density at radius 1 is 1.07 bits per heavy atom. The molecule has 8 nitrogen and oxygen atoms in total. The van der Waals surface area contributed by atoms with E-state index < -0.39 is 17.4 Å². The van der Waals surface area contributed by atoms with Gasteiger partial charge in [0.25, 0.3) is 5.91 Å². The Morgan fingerprint density at radius 2 is 1.83 bits per heavy atom. The molecule has 3 rings (SSSR count). The number of benzene rings is 3. The van der Waals surface area contributed by atoms with Crippen LogP contribution in [0.1, 0.15) is 12.5 Å². The molecule has 148 valence electrons.